The van der Waals surface area contributed by atoms with Crippen LogP contribution in [0.1, 0.15) is 32.6 Å². The molecule has 0 saturated carbocycles. The first-order valence-electron chi connectivity index (χ1n) is 3.85. The fourth-order valence-electron chi connectivity index (χ4n) is 0.726. The lowest BCUT2D eigenvalue weighted by atomic mass is 10.1. The third kappa shape index (κ3) is 4.60. The molecule has 0 aliphatic carbocycles. The van der Waals surface area contributed by atoms with Gasteiger partial charge in [0, 0.05) is 12.8 Å². The maximum Gasteiger partial charge on any atom is 0.303 e. The quantitative estimate of drug-likeness (QED) is 0.601. The van der Waals surface area contributed by atoms with Gasteiger partial charge in [-0.3, -0.25) is 14.4 Å². The molecule has 0 fully saturated rings. The van der Waals surface area contributed by atoms with Crippen LogP contribution in [0.5, 0.6) is 0 Å². The minimum atomic E-state index is -1.05. The first-order chi connectivity index (χ1) is 5.57. The van der Waals surface area contributed by atoms with Gasteiger partial charge >= 0.3 is 5.97 Å². The van der Waals surface area contributed by atoms with Crippen molar-refractivity contribution in [2.24, 2.45) is 0 Å². The topological polar surface area (TPSA) is 71.4 Å². The normalized spacial score (nSPS) is 9.42. The molecule has 0 heterocycles. The van der Waals surface area contributed by atoms with Crippen LogP contribution in [0.15, 0.2) is 0 Å². The molecule has 4 heteroatoms. The number of carboxylic acid groups (broad SMARTS) is 1. The van der Waals surface area contributed by atoms with Crippen LogP contribution in [0.25, 0.3) is 0 Å². The number of rotatable bonds is 6. The Hall–Kier alpha value is -1.19. The van der Waals surface area contributed by atoms with Crippen molar-refractivity contribution in [2.45, 2.75) is 32.6 Å². The van der Waals surface area contributed by atoms with Crippen LogP contribution in [0.4, 0.5) is 0 Å². The molecule has 1 N–H and O–H groups in total. The smallest absolute Gasteiger partial charge is 0.303 e. The largest absolute Gasteiger partial charge is 0.481 e. The zero-order valence-corrected chi connectivity index (χ0v) is 7.00. The van der Waals surface area contributed by atoms with Gasteiger partial charge in [-0.25, -0.2) is 0 Å². The second kappa shape index (κ2) is 5.46. The van der Waals surface area contributed by atoms with Crippen LogP contribution >= 0.6 is 0 Å². The lowest BCUT2D eigenvalue weighted by Crippen LogP contribution is -2.14. The molecule has 0 unspecified atom stereocenters. The van der Waals surface area contributed by atoms with Crippen molar-refractivity contribution in [3.8, 4) is 0 Å². The highest BCUT2D eigenvalue weighted by molar-refractivity contribution is 6.37. The van der Waals surface area contributed by atoms with E-state index in [0.717, 1.165) is 0 Å². The molecule has 0 aromatic carbocycles. The molecule has 0 aromatic heterocycles. The summed E-state index contributed by atoms with van der Waals surface area (Å²) in [7, 11) is 0. The first-order valence-corrected chi connectivity index (χ1v) is 3.85. The van der Waals surface area contributed by atoms with Crippen LogP contribution < -0.4 is 0 Å². The van der Waals surface area contributed by atoms with E-state index in [1.807, 2.05) is 0 Å². The highest BCUT2D eigenvalue weighted by Crippen LogP contribution is 1.97. The highest BCUT2D eigenvalue weighted by atomic mass is 16.4. The summed E-state index contributed by atoms with van der Waals surface area (Å²) in [5.41, 5.74) is 0. The van der Waals surface area contributed by atoms with E-state index in [-0.39, 0.29) is 19.3 Å². The molecule has 0 atom stereocenters. The van der Waals surface area contributed by atoms with Crippen LogP contribution in [0.3, 0.4) is 0 Å². The van der Waals surface area contributed by atoms with Crippen molar-refractivity contribution in [3.63, 3.8) is 0 Å². The molecule has 0 amide bonds. The third-order valence-electron chi connectivity index (χ3n) is 1.35. The average molecular weight is 172 g/mol. The lowest BCUT2D eigenvalue weighted by molar-refractivity contribution is -0.140. The zero-order chi connectivity index (χ0) is 9.56. The molecular weight excluding hydrogens is 160 g/mol. The van der Waals surface area contributed by atoms with E-state index >= 15 is 0 Å². The van der Waals surface area contributed by atoms with Gasteiger partial charge in [0.2, 0.25) is 0 Å². The Morgan fingerprint density at radius 2 is 1.50 bits per heavy atom. The molecule has 0 aliphatic rings. The summed E-state index contributed by atoms with van der Waals surface area (Å²) in [5.74, 6) is -2.08. The van der Waals surface area contributed by atoms with E-state index in [0.29, 0.717) is 6.42 Å². The molecule has 12 heavy (non-hydrogen) atoms. The van der Waals surface area contributed by atoms with E-state index in [9.17, 15) is 14.4 Å². The van der Waals surface area contributed by atoms with E-state index in [1.54, 1.807) is 6.92 Å². The van der Waals surface area contributed by atoms with Crippen LogP contribution in [0.2, 0.25) is 0 Å². The summed E-state index contributed by atoms with van der Waals surface area (Å²) in [6.07, 6.45) is 0.415. The molecule has 0 spiro atoms. The maximum atomic E-state index is 10.8. The second-order valence-electron chi connectivity index (χ2n) is 2.49. The Morgan fingerprint density at radius 1 is 1.00 bits per heavy atom. The predicted octanol–water partition coefficient (Wildman–Crippen LogP) is 0.789. The Balaban J connectivity index is 3.72. The predicted molar refractivity (Wildman–Crippen MR) is 41.8 cm³/mol. The maximum absolute atomic E-state index is 10.8. The van der Waals surface area contributed by atoms with Gasteiger partial charge in [0.15, 0.2) is 11.6 Å². The SMILES string of the molecule is CCCC(=O)C(=O)CCC(=O)O. The van der Waals surface area contributed by atoms with Crippen molar-refractivity contribution < 1.29 is 19.5 Å². The molecule has 0 saturated heterocycles. The van der Waals surface area contributed by atoms with Crippen molar-refractivity contribution in [3.05, 3.63) is 0 Å². The van der Waals surface area contributed by atoms with E-state index < -0.39 is 17.5 Å². The van der Waals surface area contributed by atoms with E-state index in [2.05, 4.69) is 0 Å². The Kier molecular flexibility index (Phi) is 4.92. The summed E-state index contributed by atoms with van der Waals surface area (Å²) in [6, 6.07) is 0. The number of carbonyl (C=O) groups is 3. The molecule has 0 rings (SSSR count). The van der Waals surface area contributed by atoms with E-state index in [1.165, 1.54) is 0 Å². The molecule has 0 aromatic rings. The second-order valence-corrected chi connectivity index (χ2v) is 2.49. The fourth-order valence-corrected chi connectivity index (χ4v) is 0.726. The van der Waals surface area contributed by atoms with E-state index in [4.69, 9.17) is 5.11 Å². The number of carboxylic acids is 1. The lowest BCUT2D eigenvalue weighted by Gasteiger charge is -1.95. The van der Waals surface area contributed by atoms with Gasteiger partial charge in [0.25, 0.3) is 0 Å². The summed E-state index contributed by atoms with van der Waals surface area (Å²) in [6.45, 7) is 1.79. The average Bonchev–Trinajstić information content (AvgIpc) is 2.00. The first kappa shape index (κ1) is 10.8. The molecule has 0 radical (unpaired) electrons. The van der Waals surface area contributed by atoms with Crippen molar-refractivity contribution in [2.75, 3.05) is 0 Å². The summed E-state index contributed by atoms with van der Waals surface area (Å²) in [5, 5.41) is 8.21. The summed E-state index contributed by atoms with van der Waals surface area (Å²) in [4.78, 5) is 31.7. The number of ketones is 2. The molecule has 0 aliphatic heterocycles. The molecular formula is C8H12O4. The minimum Gasteiger partial charge on any atom is -0.481 e. The van der Waals surface area contributed by atoms with Gasteiger partial charge in [-0.15, -0.1) is 0 Å². The van der Waals surface area contributed by atoms with Gasteiger partial charge < -0.3 is 5.11 Å². The Morgan fingerprint density at radius 3 is 1.92 bits per heavy atom. The fraction of sp³-hybridized carbons (Fsp3) is 0.625. The standard InChI is InChI=1S/C8H12O4/c1-2-3-6(9)7(10)4-5-8(11)12/h2-5H2,1H3,(H,11,12). The van der Waals surface area contributed by atoms with Crippen molar-refractivity contribution in [1.82, 2.24) is 0 Å². The minimum absolute atomic E-state index is 0.172. The van der Waals surface area contributed by atoms with Crippen LogP contribution in [0, 0.1) is 0 Å². The van der Waals surface area contributed by atoms with Gasteiger partial charge in [-0.2, -0.15) is 0 Å². The zero-order valence-electron chi connectivity index (χ0n) is 7.00. The van der Waals surface area contributed by atoms with Crippen LogP contribution in [-0.2, 0) is 14.4 Å². The van der Waals surface area contributed by atoms with Gasteiger partial charge in [0.1, 0.15) is 0 Å². The molecule has 68 valence electrons. The van der Waals surface area contributed by atoms with Gasteiger partial charge in [-0.1, -0.05) is 6.92 Å². The Labute approximate surface area is 70.6 Å². The number of aliphatic carboxylic acids is 1. The summed E-state index contributed by atoms with van der Waals surface area (Å²) >= 11 is 0. The third-order valence-corrected chi connectivity index (χ3v) is 1.35. The van der Waals surface area contributed by atoms with Crippen LogP contribution in [-0.4, -0.2) is 22.6 Å². The number of Topliss-reactive ketones (excluding diaryl/α,β-unsaturated/α-hetero) is 2. The molecule has 4 nitrogen and oxygen atoms in total. The number of hydrogen-bond acceptors (Lipinski definition) is 3. The van der Waals surface area contributed by atoms with Gasteiger partial charge in [0.05, 0.1) is 6.42 Å². The van der Waals surface area contributed by atoms with Crippen molar-refractivity contribution >= 4 is 17.5 Å². The van der Waals surface area contributed by atoms with Gasteiger partial charge in [-0.05, 0) is 6.42 Å². The Bertz CT molecular complexity index is 195. The number of carbonyl (C=O) groups excluding carboxylic acids is 2. The van der Waals surface area contributed by atoms with Crippen molar-refractivity contribution in [1.29, 1.82) is 0 Å². The highest BCUT2D eigenvalue weighted by Gasteiger charge is 2.13. The summed E-state index contributed by atoms with van der Waals surface area (Å²) < 4.78 is 0. The monoisotopic (exact) mass is 172 g/mol. The molecule has 0 bridgehead atoms. The number of hydrogen-bond donors (Lipinski definition) is 1.